The zero-order chi connectivity index (χ0) is 25.8. The fraction of sp³-hybridized carbons (Fsp3) is 0.839. The maximum atomic E-state index is 12.7. The molecule has 1 fully saturated rings. The molecule has 1 rings (SSSR count). The number of ether oxygens (including phenoxy) is 2. The molecule has 1 aliphatic carbocycles. The predicted octanol–water partition coefficient (Wildman–Crippen LogP) is 9.41. The van der Waals surface area contributed by atoms with Gasteiger partial charge in [-0.25, -0.2) is 4.79 Å². The molecule has 1 atom stereocenters. The standard InChI is InChI=1S/C31H56O3/c1-10-13-15-20-27(22-21-26(30(6,7)12-3)23-29(4,5)11-2)33-24-28(32)34-31(8,9)25-18-16-14-17-19-25/h15,20,22,25-26H,10-14,16-19,21,23-24H2,1-9H3. The summed E-state index contributed by atoms with van der Waals surface area (Å²) >= 11 is 0. The fourth-order valence-electron chi connectivity index (χ4n) is 4.92. The van der Waals surface area contributed by atoms with Gasteiger partial charge in [-0.2, -0.15) is 0 Å². The highest BCUT2D eigenvalue weighted by atomic mass is 16.6. The summed E-state index contributed by atoms with van der Waals surface area (Å²) in [5, 5.41) is 0. The zero-order valence-electron chi connectivity index (χ0n) is 24.1. The minimum absolute atomic E-state index is 0.0270. The van der Waals surface area contributed by atoms with Crippen LogP contribution in [0.25, 0.3) is 0 Å². The van der Waals surface area contributed by atoms with E-state index < -0.39 is 5.60 Å². The van der Waals surface area contributed by atoms with E-state index in [1.807, 2.05) is 6.08 Å². The van der Waals surface area contributed by atoms with Gasteiger partial charge in [0.05, 0.1) is 0 Å². The number of carbonyl (C=O) groups is 1. The van der Waals surface area contributed by atoms with Crippen molar-refractivity contribution in [3.8, 4) is 0 Å². The molecule has 0 heterocycles. The molecule has 3 heteroatoms. The van der Waals surface area contributed by atoms with E-state index in [0.717, 1.165) is 44.3 Å². The van der Waals surface area contributed by atoms with Crippen LogP contribution in [0, 0.1) is 22.7 Å². The Kier molecular flexibility index (Phi) is 13.0. The Morgan fingerprint density at radius 3 is 2.18 bits per heavy atom. The van der Waals surface area contributed by atoms with Crippen molar-refractivity contribution in [1.29, 1.82) is 0 Å². The van der Waals surface area contributed by atoms with Gasteiger partial charge < -0.3 is 9.47 Å². The van der Waals surface area contributed by atoms with Crippen molar-refractivity contribution < 1.29 is 14.3 Å². The molecule has 1 aliphatic rings. The average molecular weight is 477 g/mol. The molecule has 0 spiro atoms. The topological polar surface area (TPSA) is 35.5 Å². The second-order valence-corrected chi connectivity index (χ2v) is 12.5. The highest BCUT2D eigenvalue weighted by Gasteiger charge is 2.34. The van der Waals surface area contributed by atoms with E-state index in [9.17, 15) is 4.79 Å². The molecule has 3 nitrogen and oxygen atoms in total. The monoisotopic (exact) mass is 476 g/mol. The van der Waals surface area contributed by atoms with E-state index >= 15 is 0 Å². The molecule has 0 aliphatic heterocycles. The average Bonchev–Trinajstić information content (AvgIpc) is 2.79. The van der Waals surface area contributed by atoms with Crippen LogP contribution in [0.3, 0.4) is 0 Å². The van der Waals surface area contributed by atoms with Gasteiger partial charge >= 0.3 is 5.97 Å². The first-order chi connectivity index (χ1) is 15.9. The Morgan fingerprint density at radius 1 is 0.971 bits per heavy atom. The van der Waals surface area contributed by atoms with Gasteiger partial charge in [0.1, 0.15) is 11.4 Å². The quantitative estimate of drug-likeness (QED) is 0.134. The Bertz CT molecular complexity index is 648. The van der Waals surface area contributed by atoms with E-state index in [1.54, 1.807) is 0 Å². The number of unbranched alkanes of at least 4 members (excludes halogenated alkanes) is 1. The second-order valence-electron chi connectivity index (χ2n) is 12.5. The van der Waals surface area contributed by atoms with Gasteiger partial charge in [0.25, 0.3) is 0 Å². The fourth-order valence-corrected chi connectivity index (χ4v) is 4.92. The summed E-state index contributed by atoms with van der Waals surface area (Å²) in [5.41, 5.74) is 0.146. The third-order valence-electron chi connectivity index (χ3n) is 8.44. The lowest BCUT2D eigenvalue weighted by molar-refractivity contribution is -0.166. The SMILES string of the molecule is CCCC=CC(=CCC(CC(C)(C)CC)C(C)(C)CC)OCC(=O)OC(C)(C)C1CCCCC1. The van der Waals surface area contributed by atoms with Gasteiger partial charge in [-0.05, 0) is 80.8 Å². The first kappa shape index (κ1) is 30.8. The summed E-state index contributed by atoms with van der Waals surface area (Å²) in [5.74, 6) is 1.54. The number of hydrogen-bond donors (Lipinski definition) is 0. The maximum Gasteiger partial charge on any atom is 0.344 e. The Balaban J connectivity index is 2.88. The molecule has 1 unspecified atom stereocenters. The van der Waals surface area contributed by atoms with Crippen molar-refractivity contribution in [3.05, 3.63) is 24.0 Å². The summed E-state index contributed by atoms with van der Waals surface area (Å²) in [6.07, 6.45) is 19.0. The molecule has 0 aromatic carbocycles. The highest BCUT2D eigenvalue weighted by Crippen LogP contribution is 2.42. The zero-order valence-corrected chi connectivity index (χ0v) is 24.1. The molecule has 0 aromatic rings. The minimum Gasteiger partial charge on any atom is -0.482 e. The van der Waals surface area contributed by atoms with Crippen LogP contribution in [0.15, 0.2) is 24.0 Å². The lowest BCUT2D eigenvalue weighted by atomic mass is 9.67. The van der Waals surface area contributed by atoms with Gasteiger partial charge in [0.2, 0.25) is 0 Å². The largest absolute Gasteiger partial charge is 0.482 e. The summed E-state index contributed by atoms with van der Waals surface area (Å²) in [6.45, 7) is 20.4. The molecular weight excluding hydrogens is 420 g/mol. The van der Waals surface area contributed by atoms with Crippen LogP contribution in [-0.2, 0) is 14.3 Å². The van der Waals surface area contributed by atoms with Crippen LogP contribution in [0.1, 0.15) is 133 Å². The predicted molar refractivity (Wildman–Crippen MR) is 146 cm³/mol. The number of carbonyl (C=O) groups excluding carboxylic acids is 1. The van der Waals surface area contributed by atoms with Gasteiger partial charge in [-0.3, -0.25) is 0 Å². The molecule has 0 saturated heterocycles. The first-order valence-electron chi connectivity index (χ1n) is 14.1. The van der Waals surface area contributed by atoms with Crippen molar-refractivity contribution in [2.75, 3.05) is 6.61 Å². The van der Waals surface area contributed by atoms with Crippen molar-refractivity contribution in [3.63, 3.8) is 0 Å². The maximum absolute atomic E-state index is 12.7. The van der Waals surface area contributed by atoms with Crippen LogP contribution in [0.4, 0.5) is 0 Å². The van der Waals surface area contributed by atoms with Gasteiger partial charge in [0.15, 0.2) is 6.61 Å². The molecule has 0 N–H and O–H groups in total. The van der Waals surface area contributed by atoms with Gasteiger partial charge in [-0.15, -0.1) is 0 Å². The van der Waals surface area contributed by atoms with Crippen molar-refractivity contribution in [2.24, 2.45) is 22.7 Å². The van der Waals surface area contributed by atoms with E-state index in [4.69, 9.17) is 9.47 Å². The van der Waals surface area contributed by atoms with Gasteiger partial charge in [-0.1, -0.05) is 93.1 Å². The van der Waals surface area contributed by atoms with E-state index in [2.05, 4.69) is 74.5 Å². The van der Waals surface area contributed by atoms with Crippen LogP contribution in [0.2, 0.25) is 0 Å². The number of allylic oxidation sites excluding steroid dienone is 3. The molecule has 0 aromatic heterocycles. The van der Waals surface area contributed by atoms with Crippen LogP contribution >= 0.6 is 0 Å². The van der Waals surface area contributed by atoms with Crippen molar-refractivity contribution in [2.45, 2.75) is 139 Å². The molecule has 34 heavy (non-hydrogen) atoms. The Labute approximate surface area is 212 Å². The molecule has 1 saturated carbocycles. The summed E-state index contributed by atoms with van der Waals surface area (Å²) < 4.78 is 12.0. The van der Waals surface area contributed by atoms with E-state index in [-0.39, 0.29) is 18.0 Å². The van der Waals surface area contributed by atoms with Crippen LogP contribution < -0.4 is 0 Å². The Morgan fingerprint density at radius 2 is 1.62 bits per heavy atom. The highest BCUT2D eigenvalue weighted by molar-refractivity contribution is 5.71. The first-order valence-corrected chi connectivity index (χ1v) is 14.1. The van der Waals surface area contributed by atoms with Gasteiger partial charge in [0, 0.05) is 0 Å². The minimum atomic E-state index is -0.426. The molecular formula is C31H56O3. The lowest BCUT2D eigenvalue weighted by Crippen LogP contribution is -2.38. The van der Waals surface area contributed by atoms with Crippen LogP contribution in [-0.4, -0.2) is 18.2 Å². The van der Waals surface area contributed by atoms with E-state index in [1.165, 1.54) is 32.1 Å². The molecule has 0 radical (unpaired) electrons. The molecule has 198 valence electrons. The second kappa shape index (κ2) is 14.3. The third-order valence-corrected chi connectivity index (χ3v) is 8.44. The number of hydrogen-bond acceptors (Lipinski definition) is 3. The Hall–Kier alpha value is -1.25. The summed E-state index contributed by atoms with van der Waals surface area (Å²) in [6, 6.07) is 0. The van der Waals surface area contributed by atoms with Crippen LogP contribution in [0.5, 0.6) is 0 Å². The number of rotatable bonds is 15. The lowest BCUT2D eigenvalue weighted by Gasteiger charge is -2.38. The normalized spacial score (nSPS) is 17.7. The van der Waals surface area contributed by atoms with E-state index in [0.29, 0.717) is 17.3 Å². The molecule has 0 amide bonds. The van der Waals surface area contributed by atoms with Crippen molar-refractivity contribution in [1.82, 2.24) is 0 Å². The number of esters is 1. The summed E-state index contributed by atoms with van der Waals surface area (Å²) in [4.78, 5) is 12.7. The van der Waals surface area contributed by atoms with Crippen molar-refractivity contribution >= 4 is 5.97 Å². The smallest absolute Gasteiger partial charge is 0.344 e. The third kappa shape index (κ3) is 11.0. The summed E-state index contributed by atoms with van der Waals surface area (Å²) in [7, 11) is 0. The molecule has 0 bridgehead atoms.